The zero-order valence-corrected chi connectivity index (χ0v) is 17.0. The average molecular weight is 388 g/mol. The van der Waals surface area contributed by atoms with Gasteiger partial charge in [-0.05, 0) is 30.2 Å². The van der Waals surface area contributed by atoms with Crippen molar-refractivity contribution in [2.24, 2.45) is 0 Å². The number of ether oxygens (including phenoxy) is 2. The van der Waals surface area contributed by atoms with Gasteiger partial charge >= 0.3 is 5.97 Å². The predicted molar refractivity (Wildman–Crippen MR) is 111 cm³/mol. The Kier molecular flexibility index (Phi) is 13.3. The molecule has 0 saturated carbocycles. The summed E-state index contributed by atoms with van der Waals surface area (Å²) < 4.78 is 11.0. The van der Waals surface area contributed by atoms with Gasteiger partial charge in [0.25, 0.3) is 0 Å². The first kappa shape index (κ1) is 23.7. The van der Waals surface area contributed by atoms with Crippen LogP contribution in [-0.4, -0.2) is 24.5 Å². The second-order valence-corrected chi connectivity index (χ2v) is 6.90. The lowest BCUT2D eigenvalue weighted by molar-refractivity contribution is -0.132. The van der Waals surface area contributed by atoms with E-state index >= 15 is 0 Å². The highest BCUT2D eigenvalue weighted by atomic mass is 16.7. The van der Waals surface area contributed by atoms with E-state index in [1.807, 2.05) is 0 Å². The van der Waals surface area contributed by atoms with Crippen molar-refractivity contribution in [1.29, 1.82) is 5.26 Å². The molecular weight excluding hydrogens is 354 g/mol. The van der Waals surface area contributed by atoms with Crippen molar-refractivity contribution in [2.45, 2.75) is 71.1 Å². The third-order valence-electron chi connectivity index (χ3n) is 4.49. The highest BCUT2D eigenvalue weighted by Gasteiger charge is 2.05. The van der Waals surface area contributed by atoms with Gasteiger partial charge in [-0.2, -0.15) is 5.26 Å². The van der Waals surface area contributed by atoms with Crippen LogP contribution in [0.25, 0.3) is 6.08 Å². The maximum Gasteiger partial charge on any atom is 0.346 e. The molecule has 154 valence electrons. The number of carboxylic acid groups (broad SMARTS) is 1. The molecule has 0 radical (unpaired) electrons. The molecule has 0 fully saturated rings. The van der Waals surface area contributed by atoms with E-state index in [2.05, 4.69) is 6.92 Å². The van der Waals surface area contributed by atoms with Gasteiger partial charge in [0.05, 0.1) is 6.61 Å². The van der Waals surface area contributed by atoms with Crippen molar-refractivity contribution < 1.29 is 19.4 Å². The number of benzene rings is 1. The number of carboxylic acids is 1. The van der Waals surface area contributed by atoms with Crippen LogP contribution in [0, 0.1) is 11.3 Å². The van der Waals surface area contributed by atoms with Crippen molar-refractivity contribution in [3.05, 3.63) is 35.4 Å². The van der Waals surface area contributed by atoms with Crippen LogP contribution in [-0.2, 0) is 9.53 Å². The second-order valence-electron chi connectivity index (χ2n) is 6.90. The number of aliphatic carboxylic acids is 1. The zero-order chi connectivity index (χ0) is 20.5. The fourth-order valence-corrected chi connectivity index (χ4v) is 2.83. The molecule has 0 aliphatic rings. The van der Waals surface area contributed by atoms with E-state index in [0.29, 0.717) is 17.9 Å². The van der Waals surface area contributed by atoms with E-state index in [-0.39, 0.29) is 12.4 Å². The van der Waals surface area contributed by atoms with Crippen LogP contribution in [0.1, 0.15) is 76.7 Å². The summed E-state index contributed by atoms with van der Waals surface area (Å²) in [6.07, 6.45) is 14.3. The van der Waals surface area contributed by atoms with Gasteiger partial charge in [-0.3, -0.25) is 0 Å². The standard InChI is InChI=1S/C23H33NO4/c1-2-3-4-5-6-7-8-9-10-11-16-27-19-28-22-14-12-20(13-15-22)17-21(18-24)23(25)26/h12-15,17H,2-11,16,19H2,1H3,(H,25,26)/b21-17+. The molecule has 1 aromatic carbocycles. The molecule has 0 unspecified atom stereocenters. The molecule has 0 heterocycles. The normalized spacial score (nSPS) is 11.2. The molecule has 1 N–H and O–H groups in total. The molecule has 0 aromatic heterocycles. The molecule has 1 rings (SSSR count). The fourth-order valence-electron chi connectivity index (χ4n) is 2.83. The van der Waals surface area contributed by atoms with Crippen molar-refractivity contribution in [3.63, 3.8) is 0 Å². The average Bonchev–Trinajstić information content (AvgIpc) is 2.70. The Balaban J connectivity index is 2.05. The first-order valence-electron chi connectivity index (χ1n) is 10.3. The Labute approximate surface area is 169 Å². The molecule has 0 bridgehead atoms. The van der Waals surface area contributed by atoms with Crippen LogP contribution in [0.2, 0.25) is 0 Å². The molecule has 0 spiro atoms. The minimum Gasteiger partial charge on any atom is -0.477 e. The van der Waals surface area contributed by atoms with Gasteiger partial charge in [-0.25, -0.2) is 4.79 Å². The summed E-state index contributed by atoms with van der Waals surface area (Å²) in [6, 6.07) is 8.52. The van der Waals surface area contributed by atoms with Crippen molar-refractivity contribution in [2.75, 3.05) is 13.4 Å². The van der Waals surface area contributed by atoms with Crippen LogP contribution in [0.15, 0.2) is 29.8 Å². The minimum atomic E-state index is -1.23. The molecule has 5 nitrogen and oxygen atoms in total. The van der Waals surface area contributed by atoms with Crippen molar-refractivity contribution in [3.8, 4) is 11.8 Å². The summed E-state index contributed by atoms with van der Waals surface area (Å²) in [6.45, 7) is 3.14. The highest BCUT2D eigenvalue weighted by Crippen LogP contribution is 2.15. The SMILES string of the molecule is CCCCCCCCCCCCOCOc1ccc(/C=C(\C#N)C(=O)O)cc1. The molecule has 0 aliphatic heterocycles. The summed E-state index contributed by atoms with van der Waals surface area (Å²) in [5.41, 5.74) is 0.339. The zero-order valence-electron chi connectivity index (χ0n) is 17.0. The second kappa shape index (κ2) is 15.7. The highest BCUT2D eigenvalue weighted by molar-refractivity contribution is 5.96. The smallest absolute Gasteiger partial charge is 0.346 e. The molecule has 0 amide bonds. The number of unbranched alkanes of at least 4 members (excludes halogenated alkanes) is 9. The quantitative estimate of drug-likeness (QED) is 0.164. The number of nitriles is 1. The Morgan fingerprint density at radius 3 is 2.11 bits per heavy atom. The lowest BCUT2D eigenvalue weighted by Gasteiger charge is -2.07. The van der Waals surface area contributed by atoms with Gasteiger partial charge < -0.3 is 14.6 Å². The maximum atomic E-state index is 10.8. The Morgan fingerprint density at radius 1 is 1.00 bits per heavy atom. The Bertz CT molecular complexity index is 616. The van der Waals surface area contributed by atoms with Crippen LogP contribution in [0.4, 0.5) is 0 Å². The molecular formula is C23H33NO4. The topological polar surface area (TPSA) is 79.5 Å². The van der Waals surface area contributed by atoms with E-state index in [1.54, 1.807) is 30.3 Å². The minimum absolute atomic E-state index is 0.200. The Hall–Kier alpha value is -2.32. The fraction of sp³-hybridized carbons (Fsp3) is 0.565. The molecule has 1 aromatic rings. The first-order valence-corrected chi connectivity index (χ1v) is 10.3. The predicted octanol–water partition coefficient (Wildman–Crippen LogP) is 5.95. The lowest BCUT2D eigenvalue weighted by atomic mass is 10.1. The van der Waals surface area contributed by atoms with Crippen LogP contribution >= 0.6 is 0 Å². The number of hydrogen-bond donors (Lipinski definition) is 1. The maximum absolute atomic E-state index is 10.8. The third-order valence-corrected chi connectivity index (χ3v) is 4.49. The van der Waals surface area contributed by atoms with Gasteiger partial charge in [0, 0.05) is 0 Å². The number of hydrogen-bond acceptors (Lipinski definition) is 4. The van der Waals surface area contributed by atoms with Gasteiger partial charge in [0.1, 0.15) is 17.4 Å². The van der Waals surface area contributed by atoms with E-state index in [4.69, 9.17) is 19.8 Å². The van der Waals surface area contributed by atoms with Crippen LogP contribution in [0.3, 0.4) is 0 Å². The van der Waals surface area contributed by atoms with E-state index in [0.717, 1.165) is 6.42 Å². The van der Waals surface area contributed by atoms with E-state index < -0.39 is 5.97 Å². The molecule has 0 aliphatic carbocycles. The summed E-state index contributed by atoms with van der Waals surface area (Å²) in [7, 11) is 0. The number of carbonyl (C=O) groups is 1. The third kappa shape index (κ3) is 11.4. The van der Waals surface area contributed by atoms with Gasteiger partial charge in [0.2, 0.25) is 0 Å². The number of nitrogens with zero attached hydrogens (tertiary/aromatic N) is 1. The van der Waals surface area contributed by atoms with Gasteiger partial charge in [-0.15, -0.1) is 0 Å². The van der Waals surface area contributed by atoms with E-state index in [9.17, 15) is 4.79 Å². The summed E-state index contributed by atoms with van der Waals surface area (Å²) in [5, 5.41) is 17.6. The molecule has 28 heavy (non-hydrogen) atoms. The lowest BCUT2D eigenvalue weighted by Crippen LogP contribution is -2.04. The van der Waals surface area contributed by atoms with Gasteiger partial charge in [0.15, 0.2) is 6.79 Å². The first-order chi connectivity index (χ1) is 13.7. The monoisotopic (exact) mass is 387 g/mol. The Morgan fingerprint density at radius 2 is 1.57 bits per heavy atom. The summed E-state index contributed by atoms with van der Waals surface area (Å²) in [4.78, 5) is 10.8. The molecule has 0 saturated heterocycles. The van der Waals surface area contributed by atoms with Gasteiger partial charge in [-0.1, -0.05) is 76.8 Å². The van der Waals surface area contributed by atoms with Crippen molar-refractivity contribution >= 4 is 12.0 Å². The van der Waals surface area contributed by atoms with Crippen LogP contribution in [0.5, 0.6) is 5.75 Å². The van der Waals surface area contributed by atoms with Crippen molar-refractivity contribution in [1.82, 2.24) is 0 Å². The summed E-state index contributed by atoms with van der Waals surface area (Å²) >= 11 is 0. The van der Waals surface area contributed by atoms with Crippen LogP contribution < -0.4 is 4.74 Å². The van der Waals surface area contributed by atoms with E-state index in [1.165, 1.54) is 63.9 Å². The number of rotatable bonds is 16. The largest absolute Gasteiger partial charge is 0.477 e. The molecule has 5 heteroatoms. The molecule has 0 atom stereocenters. The summed E-state index contributed by atoms with van der Waals surface area (Å²) in [5.74, 6) is -0.586.